The van der Waals surface area contributed by atoms with Crippen molar-refractivity contribution in [1.82, 2.24) is 5.32 Å². The van der Waals surface area contributed by atoms with Gasteiger partial charge in [-0.25, -0.2) is 0 Å². The number of hydrogen-bond donors (Lipinski definition) is 3. The first-order valence-corrected chi connectivity index (χ1v) is 3.91. The second-order valence-corrected chi connectivity index (χ2v) is 2.58. The van der Waals surface area contributed by atoms with Crippen LogP contribution in [0.25, 0.3) is 0 Å². The first-order chi connectivity index (χ1) is 5.56. The minimum Gasteiger partial charge on any atom is -0.370 e. The van der Waals surface area contributed by atoms with Crippen LogP contribution in [0.15, 0.2) is 4.99 Å². The van der Waals surface area contributed by atoms with E-state index in [-0.39, 0.29) is 18.4 Å². The quantitative estimate of drug-likeness (QED) is 0.382. The Balaban J connectivity index is 3.75. The summed E-state index contributed by atoms with van der Waals surface area (Å²) in [5, 5.41) is 2.84. The van der Waals surface area contributed by atoms with Gasteiger partial charge in [0.25, 0.3) is 0 Å². The first kappa shape index (κ1) is 10.7. The van der Waals surface area contributed by atoms with E-state index in [0.29, 0.717) is 12.5 Å². The van der Waals surface area contributed by atoms with Gasteiger partial charge in [0.15, 0.2) is 5.96 Å². The van der Waals surface area contributed by atoms with Gasteiger partial charge in [-0.1, -0.05) is 0 Å². The maximum absolute atomic E-state index is 10.5. The van der Waals surface area contributed by atoms with Crippen LogP contribution in [-0.2, 0) is 4.79 Å². The molecule has 0 aromatic carbocycles. The maximum Gasteiger partial charge on any atom is 0.219 e. The minimum atomic E-state index is -0.348. The van der Waals surface area contributed by atoms with E-state index in [0.717, 1.165) is 0 Å². The first-order valence-electron chi connectivity index (χ1n) is 3.91. The molecule has 70 valence electrons. The molecule has 12 heavy (non-hydrogen) atoms. The zero-order valence-corrected chi connectivity index (χ0v) is 7.50. The van der Waals surface area contributed by atoms with Gasteiger partial charge in [0.1, 0.15) is 0 Å². The second kappa shape index (κ2) is 5.40. The van der Waals surface area contributed by atoms with Crippen LogP contribution in [0.3, 0.4) is 0 Å². The smallest absolute Gasteiger partial charge is 0.219 e. The predicted octanol–water partition coefficient (Wildman–Crippen LogP) is -0.825. The summed E-state index contributed by atoms with van der Waals surface area (Å²) in [6, 6.07) is -0.0576. The molecule has 0 spiro atoms. The molecule has 5 heteroatoms. The maximum atomic E-state index is 10.5. The van der Waals surface area contributed by atoms with Crippen LogP contribution >= 0.6 is 0 Å². The molecular formula is C7H16N4O. The van der Waals surface area contributed by atoms with Gasteiger partial charge in [0, 0.05) is 19.0 Å². The van der Waals surface area contributed by atoms with Crippen LogP contribution in [0.5, 0.6) is 0 Å². The van der Waals surface area contributed by atoms with Gasteiger partial charge >= 0.3 is 0 Å². The summed E-state index contributed by atoms with van der Waals surface area (Å²) in [5.74, 6) is 0.00514. The zero-order valence-electron chi connectivity index (χ0n) is 7.50. The third kappa shape index (κ3) is 5.52. The van der Waals surface area contributed by atoms with Crippen molar-refractivity contribution in [3.63, 3.8) is 0 Å². The van der Waals surface area contributed by atoms with Crippen molar-refractivity contribution in [2.24, 2.45) is 16.5 Å². The SMILES string of the molecule is CCN=C(N)NC(C)CC(N)=O. The molecule has 0 aliphatic rings. The predicted molar refractivity (Wildman–Crippen MR) is 48.6 cm³/mol. The molecule has 0 aliphatic carbocycles. The number of carbonyl (C=O) groups excluding carboxylic acids is 1. The highest BCUT2D eigenvalue weighted by molar-refractivity contribution is 5.79. The molecule has 0 aromatic rings. The number of guanidine groups is 1. The number of primary amides is 1. The Bertz CT molecular complexity index is 178. The summed E-state index contributed by atoms with van der Waals surface area (Å²) >= 11 is 0. The van der Waals surface area contributed by atoms with E-state index in [1.54, 1.807) is 0 Å². The summed E-state index contributed by atoms with van der Waals surface area (Å²) in [5.41, 5.74) is 10.4. The number of aliphatic imine (C=N–C) groups is 1. The van der Waals surface area contributed by atoms with Crippen molar-refractivity contribution in [3.05, 3.63) is 0 Å². The number of hydrogen-bond acceptors (Lipinski definition) is 2. The number of rotatable bonds is 4. The molecule has 0 aliphatic heterocycles. The zero-order chi connectivity index (χ0) is 9.56. The van der Waals surface area contributed by atoms with Crippen LogP contribution in [0.4, 0.5) is 0 Å². The lowest BCUT2D eigenvalue weighted by molar-refractivity contribution is -0.118. The average molecular weight is 172 g/mol. The summed E-state index contributed by atoms with van der Waals surface area (Å²) < 4.78 is 0. The molecule has 0 radical (unpaired) electrons. The Morgan fingerprint density at radius 2 is 2.17 bits per heavy atom. The average Bonchev–Trinajstić information content (AvgIpc) is 1.84. The highest BCUT2D eigenvalue weighted by Crippen LogP contribution is 1.87. The molecule has 5 nitrogen and oxygen atoms in total. The van der Waals surface area contributed by atoms with E-state index in [2.05, 4.69) is 10.3 Å². The number of nitrogens with zero attached hydrogens (tertiary/aromatic N) is 1. The van der Waals surface area contributed by atoms with Crippen molar-refractivity contribution in [2.75, 3.05) is 6.54 Å². The van der Waals surface area contributed by atoms with Crippen LogP contribution in [0.1, 0.15) is 20.3 Å². The highest BCUT2D eigenvalue weighted by atomic mass is 16.1. The molecule has 0 bridgehead atoms. The summed E-state index contributed by atoms with van der Waals surface area (Å²) in [6.07, 6.45) is 0.264. The van der Waals surface area contributed by atoms with E-state index in [1.807, 2.05) is 13.8 Å². The van der Waals surface area contributed by atoms with Gasteiger partial charge in [-0.05, 0) is 13.8 Å². The molecule has 1 amide bonds. The molecule has 1 unspecified atom stereocenters. The van der Waals surface area contributed by atoms with E-state index in [9.17, 15) is 4.79 Å². The summed E-state index contributed by atoms with van der Waals surface area (Å²) in [6.45, 7) is 4.33. The fourth-order valence-corrected chi connectivity index (χ4v) is 0.821. The number of nitrogens with two attached hydrogens (primary N) is 2. The lowest BCUT2D eigenvalue weighted by Gasteiger charge is -2.11. The fourth-order valence-electron chi connectivity index (χ4n) is 0.821. The third-order valence-electron chi connectivity index (χ3n) is 1.23. The van der Waals surface area contributed by atoms with E-state index < -0.39 is 0 Å². The molecule has 0 heterocycles. The third-order valence-corrected chi connectivity index (χ3v) is 1.23. The van der Waals surface area contributed by atoms with Crippen molar-refractivity contribution in [3.8, 4) is 0 Å². The highest BCUT2D eigenvalue weighted by Gasteiger charge is 2.05. The monoisotopic (exact) mass is 172 g/mol. The molecule has 0 saturated heterocycles. The Labute approximate surface area is 72.2 Å². The van der Waals surface area contributed by atoms with Crippen molar-refractivity contribution in [2.45, 2.75) is 26.3 Å². The Morgan fingerprint density at radius 1 is 1.58 bits per heavy atom. The van der Waals surface area contributed by atoms with Gasteiger partial charge in [-0.3, -0.25) is 9.79 Å². The second-order valence-electron chi connectivity index (χ2n) is 2.58. The van der Waals surface area contributed by atoms with Gasteiger partial charge in [0.2, 0.25) is 5.91 Å². The Morgan fingerprint density at radius 3 is 2.58 bits per heavy atom. The topological polar surface area (TPSA) is 93.5 Å². The number of amides is 1. The van der Waals surface area contributed by atoms with E-state index >= 15 is 0 Å². The molecule has 0 saturated carbocycles. The Kier molecular flexibility index (Phi) is 4.83. The fraction of sp³-hybridized carbons (Fsp3) is 0.714. The van der Waals surface area contributed by atoms with Crippen molar-refractivity contribution >= 4 is 11.9 Å². The largest absolute Gasteiger partial charge is 0.370 e. The van der Waals surface area contributed by atoms with Crippen LogP contribution in [0, 0.1) is 0 Å². The number of carbonyl (C=O) groups is 1. The van der Waals surface area contributed by atoms with Crippen LogP contribution in [-0.4, -0.2) is 24.5 Å². The lowest BCUT2D eigenvalue weighted by atomic mass is 10.2. The van der Waals surface area contributed by atoms with Gasteiger partial charge in [0.05, 0.1) is 0 Å². The van der Waals surface area contributed by atoms with Crippen LogP contribution < -0.4 is 16.8 Å². The molecule has 1 atom stereocenters. The van der Waals surface area contributed by atoms with E-state index in [4.69, 9.17) is 11.5 Å². The normalized spacial score (nSPS) is 14.0. The molecule has 0 rings (SSSR count). The van der Waals surface area contributed by atoms with Crippen molar-refractivity contribution < 1.29 is 4.79 Å². The standard InChI is InChI=1S/C7H16N4O/c1-3-10-7(9)11-5(2)4-6(8)12/h5H,3-4H2,1-2H3,(H2,8,12)(H3,9,10,11). The molecule has 0 aromatic heterocycles. The van der Waals surface area contributed by atoms with Gasteiger partial charge < -0.3 is 16.8 Å². The summed E-state index contributed by atoms with van der Waals surface area (Å²) in [7, 11) is 0. The number of nitrogens with one attached hydrogen (secondary N) is 1. The summed E-state index contributed by atoms with van der Waals surface area (Å²) in [4.78, 5) is 14.4. The van der Waals surface area contributed by atoms with Gasteiger partial charge in [-0.2, -0.15) is 0 Å². The lowest BCUT2D eigenvalue weighted by Crippen LogP contribution is -2.40. The van der Waals surface area contributed by atoms with Crippen molar-refractivity contribution in [1.29, 1.82) is 0 Å². The van der Waals surface area contributed by atoms with Crippen LogP contribution in [0.2, 0.25) is 0 Å². The Hall–Kier alpha value is -1.26. The molecular weight excluding hydrogens is 156 g/mol. The van der Waals surface area contributed by atoms with Gasteiger partial charge in [-0.15, -0.1) is 0 Å². The van der Waals surface area contributed by atoms with E-state index in [1.165, 1.54) is 0 Å². The molecule has 0 fully saturated rings. The molecule has 5 N–H and O–H groups in total. The minimum absolute atomic E-state index is 0.0576.